The minimum absolute atomic E-state index is 0.104. The summed E-state index contributed by atoms with van der Waals surface area (Å²) >= 11 is 5.81. The lowest BCUT2D eigenvalue weighted by molar-refractivity contribution is -0.103. The normalized spacial score (nSPS) is 17.4. The maximum Gasteiger partial charge on any atom is 0.201 e. The molecule has 0 unspecified atom stereocenters. The molecule has 2 rings (SSSR count). The van der Waals surface area contributed by atoms with Gasteiger partial charge in [-0.2, -0.15) is 0 Å². The van der Waals surface area contributed by atoms with Gasteiger partial charge in [0, 0.05) is 21.6 Å². The van der Waals surface area contributed by atoms with Gasteiger partial charge < -0.3 is 0 Å². The van der Waals surface area contributed by atoms with E-state index in [1.807, 2.05) is 0 Å². The zero-order valence-electron chi connectivity index (χ0n) is 6.90. The van der Waals surface area contributed by atoms with E-state index in [0.29, 0.717) is 11.8 Å². The highest BCUT2D eigenvalue weighted by Crippen LogP contribution is 2.36. The van der Waals surface area contributed by atoms with Crippen LogP contribution in [0.5, 0.6) is 0 Å². The predicted molar refractivity (Wildman–Crippen MR) is 52.7 cm³/mol. The molecule has 1 aliphatic rings. The molecule has 0 amide bonds. The Kier molecular flexibility index (Phi) is 1.97. The van der Waals surface area contributed by atoms with Crippen molar-refractivity contribution in [3.8, 4) is 0 Å². The minimum atomic E-state index is -3.47. The fourth-order valence-electron chi connectivity index (χ4n) is 1.40. The summed E-state index contributed by atoms with van der Waals surface area (Å²) in [5, 5.41) is 1.22. The van der Waals surface area contributed by atoms with Gasteiger partial charge in [-0.25, -0.2) is 8.42 Å². The second kappa shape index (κ2) is 2.93. The zero-order valence-corrected chi connectivity index (χ0v) is 8.47. The van der Waals surface area contributed by atoms with Crippen LogP contribution in [0.15, 0.2) is 28.5 Å². The smallest absolute Gasteiger partial charge is 0.201 e. The molecule has 14 heavy (non-hydrogen) atoms. The fourth-order valence-corrected chi connectivity index (χ4v) is 3.15. The van der Waals surface area contributed by atoms with Gasteiger partial charge in [-0.05, 0) is 12.1 Å². The van der Waals surface area contributed by atoms with Gasteiger partial charge in [0.25, 0.3) is 0 Å². The molecule has 1 aromatic carbocycles. The molecular weight excluding hydrogens is 224 g/mol. The number of benzene rings is 1. The largest absolute Gasteiger partial charge is 0.298 e. The topological polar surface area (TPSA) is 51.2 Å². The summed E-state index contributed by atoms with van der Waals surface area (Å²) in [5.74, 6) is 0. The summed E-state index contributed by atoms with van der Waals surface area (Å²) in [5.41, 5.74) is 0.426. The lowest BCUT2D eigenvalue weighted by Gasteiger charge is -2.00. The molecule has 1 aliphatic heterocycles. The van der Waals surface area contributed by atoms with Crippen LogP contribution in [-0.4, -0.2) is 14.7 Å². The molecule has 0 atom stereocenters. The third kappa shape index (κ3) is 1.19. The molecule has 0 radical (unpaired) electrons. The summed E-state index contributed by atoms with van der Waals surface area (Å²) in [6, 6.07) is 4.53. The minimum Gasteiger partial charge on any atom is -0.298 e. The van der Waals surface area contributed by atoms with Gasteiger partial charge in [-0.3, -0.25) is 4.79 Å². The summed E-state index contributed by atoms with van der Waals surface area (Å²) in [6.45, 7) is 0. The van der Waals surface area contributed by atoms with Crippen molar-refractivity contribution in [3.05, 3.63) is 34.2 Å². The van der Waals surface area contributed by atoms with Gasteiger partial charge in [-0.1, -0.05) is 17.7 Å². The number of aldehydes is 1. The summed E-state index contributed by atoms with van der Waals surface area (Å²) in [7, 11) is -3.47. The van der Waals surface area contributed by atoms with Crippen molar-refractivity contribution in [1.29, 1.82) is 0 Å². The Morgan fingerprint density at radius 1 is 1.29 bits per heavy atom. The van der Waals surface area contributed by atoms with Crippen molar-refractivity contribution in [2.24, 2.45) is 0 Å². The van der Waals surface area contributed by atoms with Crippen LogP contribution in [0.25, 0.3) is 5.57 Å². The van der Waals surface area contributed by atoms with E-state index < -0.39 is 9.84 Å². The van der Waals surface area contributed by atoms with Gasteiger partial charge in [0.2, 0.25) is 9.84 Å². The van der Waals surface area contributed by atoms with Gasteiger partial charge in [-0.15, -0.1) is 0 Å². The Balaban J connectivity index is 2.89. The first kappa shape index (κ1) is 9.43. The SMILES string of the molecule is O=CC1=CS(=O)(=O)c2cccc(Cl)c21. The summed E-state index contributed by atoms with van der Waals surface area (Å²) in [4.78, 5) is 10.7. The molecule has 0 aliphatic carbocycles. The lowest BCUT2D eigenvalue weighted by atomic mass is 10.1. The van der Waals surface area contributed by atoms with Crippen molar-refractivity contribution in [2.75, 3.05) is 0 Å². The Bertz CT molecular complexity index is 543. The number of fused-ring (bicyclic) bond motifs is 1. The number of sulfone groups is 1. The number of hydrogen-bond donors (Lipinski definition) is 0. The fraction of sp³-hybridized carbons (Fsp3) is 0. The van der Waals surface area contributed by atoms with Crippen LogP contribution in [-0.2, 0) is 14.6 Å². The Hall–Kier alpha value is -1.13. The van der Waals surface area contributed by atoms with Gasteiger partial charge >= 0.3 is 0 Å². The average Bonchev–Trinajstić information content (AvgIpc) is 2.40. The van der Waals surface area contributed by atoms with Crippen molar-refractivity contribution >= 4 is 33.3 Å². The highest BCUT2D eigenvalue weighted by Gasteiger charge is 2.28. The molecule has 1 heterocycles. The number of carbonyl (C=O) groups excluding carboxylic acids is 1. The molecule has 0 aromatic heterocycles. The Morgan fingerprint density at radius 3 is 2.64 bits per heavy atom. The number of hydrogen-bond acceptors (Lipinski definition) is 3. The van der Waals surface area contributed by atoms with Crippen LogP contribution in [0.4, 0.5) is 0 Å². The highest BCUT2D eigenvalue weighted by atomic mass is 35.5. The lowest BCUT2D eigenvalue weighted by Crippen LogP contribution is -1.93. The average molecular weight is 229 g/mol. The van der Waals surface area contributed by atoms with Crippen molar-refractivity contribution in [2.45, 2.75) is 4.90 Å². The molecule has 0 fully saturated rings. The van der Waals surface area contributed by atoms with E-state index >= 15 is 0 Å². The second-order valence-electron chi connectivity index (χ2n) is 2.85. The molecule has 5 heteroatoms. The third-order valence-corrected chi connectivity index (χ3v) is 3.81. The quantitative estimate of drug-likeness (QED) is 0.687. The molecule has 1 aromatic rings. The van der Waals surface area contributed by atoms with Gasteiger partial charge in [0.05, 0.1) is 4.90 Å². The first-order valence-corrected chi connectivity index (χ1v) is 5.69. The molecule has 0 N–H and O–H groups in total. The van der Waals surface area contributed by atoms with Crippen LogP contribution in [0, 0.1) is 0 Å². The third-order valence-electron chi connectivity index (χ3n) is 1.98. The van der Waals surface area contributed by atoms with E-state index in [1.54, 1.807) is 12.1 Å². The summed E-state index contributed by atoms with van der Waals surface area (Å²) < 4.78 is 23.0. The van der Waals surface area contributed by atoms with E-state index in [4.69, 9.17) is 11.6 Å². The molecule has 0 saturated carbocycles. The van der Waals surface area contributed by atoms with Crippen LogP contribution >= 0.6 is 11.6 Å². The Labute approximate surface area is 85.9 Å². The molecule has 72 valence electrons. The van der Waals surface area contributed by atoms with E-state index in [9.17, 15) is 13.2 Å². The van der Waals surface area contributed by atoms with Crippen LogP contribution < -0.4 is 0 Å². The van der Waals surface area contributed by atoms with Gasteiger partial charge in [0.1, 0.15) is 0 Å². The first-order chi connectivity index (χ1) is 6.56. The molecule has 0 spiro atoms. The maximum atomic E-state index is 11.5. The number of halogens is 1. The zero-order chi connectivity index (χ0) is 10.3. The standard InChI is InChI=1S/C9H5ClO3S/c10-7-2-1-3-8-9(7)6(4-11)5-14(8,12)13/h1-5H. The van der Waals surface area contributed by atoms with E-state index in [0.717, 1.165) is 5.41 Å². The van der Waals surface area contributed by atoms with E-state index in [-0.39, 0.29) is 15.5 Å². The maximum absolute atomic E-state index is 11.5. The summed E-state index contributed by atoms with van der Waals surface area (Å²) in [6.07, 6.45) is 0.495. The number of rotatable bonds is 1. The van der Waals surface area contributed by atoms with E-state index in [1.165, 1.54) is 6.07 Å². The van der Waals surface area contributed by atoms with Crippen molar-refractivity contribution in [1.82, 2.24) is 0 Å². The van der Waals surface area contributed by atoms with Crippen LogP contribution in [0.1, 0.15) is 5.56 Å². The Morgan fingerprint density at radius 2 is 2.00 bits per heavy atom. The first-order valence-electron chi connectivity index (χ1n) is 3.77. The second-order valence-corrected chi connectivity index (χ2v) is 5.02. The van der Waals surface area contributed by atoms with Crippen molar-refractivity contribution in [3.63, 3.8) is 0 Å². The molecule has 3 nitrogen and oxygen atoms in total. The molecule has 0 bridgehead atoms. The monoisotopic (exact) mass is 228 g/mol. The van der Waals surface area contributed by atoms with Crippen molar-refractivity contribution < 1.29 is 13.2 Å². The van der Waals surface area contributed by atoms with E-state index in [2.05, 4.69) is 0 Å². The highest BCUT2D eigenvalue weighted by molar-refractivity contribution is 7.95. The molecular formula is C9H5ClO3S. The predicted octanol–water partition coefficient (Wildman–Crippen LogP) is 1.67. The van der Waals surface area contributed by atoms with Gasteiger partial charge in [0.15, 0.2) is 6.29 Å². The van der Waals surface area contributed by atoms with Crippen LogP contribution in [0.2, 0.25) is 5.02 Å². The van der Waals surface area contributed by atoms with Crippen LogP contribution in [0.3, 0.4) is 0 Å². The number of carbonyl (C=O) groups is 1. The molecule has 0 saturated heterocycles. The number of allylic oxidation sites excluding steroid dienone is 1.